The van der Waals surface area contributed by atoms with Crippen molar-refractivity contribution in [2.75, 3.05) is 18.0 Å². The van der Waals surface area contributed by atoms with Crippen LogP contribution >= 0.6 is 23.2 Å². The van der Waals surface area contributed by atoms with Gasteiger partial charge in [-0.3, -0.25) is 4.79 Å². The average molecular weight is 247 g/mol. The third kappa shape index (κ3) is 3.09. The van der Waals surface area contributed by atoms with E-state index >= 15 is 0 Å². The quantitative estimate of drug-likeness (QED) is 0.890. The Kier molecular flexibility index (Phi) is 4.39. The molecule has 2 N–H and O–H groups in total. The van der Waals surface area contributed by atoms with Gasteiger partial charge in [0.05, 0.1) is 10.7 Å². The van der Waals surface area contributed by atoms with Crippen molar-refractivity contribution in [1.82, 2.24) is 0 Å². The molecule has 0 aliphatic carbocycles. The normalized spacial score (nSPS) is 10.1. The SMILES string of the molecule is CC(=O)N(CCN)c1ccc(Cl)cc1Cl. The molecule has 5 heteroatoms. The molecule has 0 spiro atoms. The number of benzene rings is 1. The van der Waals surface area contributed by atoms with Crippen molar-refractivity contribution in [3.05, 3.63) is 28.2 Å². The minimum Gasteiger partial charge on any atom is -0.329 e. The molecule has 0 fully saturated rings. The monoisotopic (exact) mass is 246 g/mol. The molecule has 3 nitrogen and oxygen atoms in total. The van der Waals surface area contributed by atoms with Gasteiger partial charge in [0.2, 0.25) is 5.91 Å². The Labute approximate surface area is 98.8 Å². The second-order valence-corrected chi connectivity index (χ2v) is 3.90. The van der Waals surface area contributed by atoms with Crippen molar-refractivity contribution >= 4 is 34.8 Å². The predicted octanol–water partition coefficient (Wildman–Crippen LogP) is 2.31. The van der Waals surface area contributed by atoms with E-state index in [9.17, 15) is 4.79 Å². The molecule has 1 aromatic carbocycles. The summed E-state index contributed by atoms with van der Waals surface area (Å²) < 4.78 is 0. The second-order valence-electron chi connectivity index (χ2n) is 3.06. The summed E-state index contributed by atoms with van der Waals surface area (Å²) in [5.41, 5.74) is 6.06. The van der Waals surface area contributed by atoms with Crippen LogP contribution in [-0.4, -0.2) is 19.0 Å². The number of nitrogens with two attached hydrogens (primary N) is 1. The summed E-state index contributed by atoms with van der Waals surface area (Å²) in [5, 5.41) is 0.992. The molecule has 0 aliphatic heterocycles. The summed E-state index contributed by atoms with van der Waals surface area (Å²) >= 11 is 11.8. The maximum Gasteiger partial charge on any atom is 0.223 e. The van der Waals surface area contributed by atoms with Gasteiger partial charge in [0.15, 0.2) is 0 Å². The molecule has 1 amide bonds. The molecule has 0 unspecified atom stereocenters. The Morgan fingerprint density at radius 3 is 2.60 bits per heavy atom. The summed E-state index contributed by atoms with van der Waals surface area (Å²) in [6, 6.07) is 5.00. The van der Waals surface area contributed by atoms with E-state index in [-0.39, 0.29) is 5.91 Å². The van der Waals surface area contributed by atoms with Crippen LogP contribution in [0.2, 0.25) is 10.0 Å². The van der Waals surface area contributed by atoms with Crippen molar-refractivity contribution in [1.29, 1.82) is 0 Å². The fourth-order valence-electron chi connectivity index (χ4n) is 1.28. The van der Waals surface area contributed by atoms with E-state index in [1.165, 1.54) is 11.8 Å². The number of rotatable bonds is 3. The third-order valence-electron chi connectivity index (χ3n) is 1.93. The molecule has 0 aromatic heterocycles. The van der Waals surface area contributed by atoms with Gasteiger partial charge in [-0.2, -0.15) is 0 Å². The average Bonchev–Trinajstić information content (AvgIpc) is 2.15. The molecule has 82 valence electrons. The number of hydrogen-bond acceptors (Lipinski definition) is 2. The van der Waals surface area contributed by atoms with Crippen molar-refractivity contribution < 1.29 is 4.79 Å². The lowest BCUT2D eigenvalue weighted by molar-refractivity contribution is -0.116. The molecule has 0 saturated carbocycles. The van der Waals surface area contributed by atoms with Crippen LogP contribution in [0.1, 0.15) is 6.92 Å². The number of halogens is 2. The summed E-state index contributed by atoms with van der Waals surface area (Å²) in [5.74, 6) is -0.0929. The minimum atomic E-state index is -0.0929. The first-order valence-corrected chi connectivity index (χ1v) is 5.25. The molecular formula is C10H12Cl2N2O. The number of nitrogens with zero attached hydrogens (tertiary/aromatic N) is 1. The van der Waals surface area contributed by atoms with E-state index in [0.717, 1.165) is 0 Å². The first kappa shape index (κ1) is 12.3. The van der Waals surface area contributed by atoms with Gasteiger partial charge >= 0.3 is 0 Å². The summed E-state index contributed by atoms with van der Waals surface area (Å²) in [6.07, 6.45) is 0. The maximum absolute atomic E-state index is 11.4. The number of carbonyl (C=O) groups is 1. The van der Waals surface area contributed by atoms with Gasteiger partial charge in [-0.1, -0.05) is 23.2 Å². The fraction of sp³-hybridized carbons (Fsp3) is 0.300. The van der Waals surface area contributed by atoms with Crippen LogP contribution < -0.4 is 10.6 Å². The van der Waals surface area contributed by atoms with Gasteiger partial charge in [0.25, 0.3) is 0 Å². The van der Waals surface area contributed by atoms with Crippen molar-refractivity contribution in [2.45, 2.75) is 6.92 Å². The highest BCUT2D eigenvalue weighted by molar-refractivity contribution is 6.36. The number of amides is 1. The van der Waals surface area contributed by atoms with Gasteiger partial charge < -0.3 is 10.6 Å². The standard InChI is InChI=1S/C10H12Cl2N2O/c1-7(15)14(5-4-13)10-3-2-8(11)6-9(10)12/h2-3,6H,4-5,13H2,1H3. The highest BCUT2D eigenvalue weighted by Crippen LogP contribution is 2.28. The second kappa shape index (κ2) is 5.35. The Balaban J connectivity index is 3.05. The lowest BCUT2D eigenvalue weighted by Crippen LogP contribution is -2.33. The van der Waals surface area contributed by atoms with Crippen molar-refractivity contribution in [3.63, 3.8) is 0 Å². The molecule has 0 aliphatic rings. The molecule has 1 aromatic rings. The predicted molar refractivity (Wildman–Crippen MR) is 63.5 cm³/mol. The van der Waals surface area contributed by atoms with Crippen molar-refractivity contribution in [3.8, 4) is 0 Å². The highest BCUT2D eigenvalue weighted by Gasteiger charge is 2.13. The zero-order valence-corrected chi connectivity index (χ0v) is 9.85. The van der Waals surface area contributed by atoms with Gasteiger partial charge in [0.1, 0.15) is 0 Å². The van der Waals surface area contributed by atoms with E-state index in [1.54, 1.807) is 18.2 Å². The first-order valence-electron chi connectivity index (χ1n) is 4.49. The number of carbonyl (C=O) groups excluding carboxylic acids is 1. The number of hydrogen-bond donors (Lipinski definition) is 1. The molecule has 0 heterocycles. The molecule has 1 rings (SSSR count). The zero-order chi connectivity index (χ0) is 11.4. The maximum atomic E-state index is 11.4. The lowest BCUT2D eigenvalue weighted by atomic mass is 10.2. The summed E-state index contributed by atoms with van der Waals surface area (Å²) in [7, 11) is 0. The van der Waals surface area contributed by atoms with Gasteiger partial charge in [-0.15, -0.1) is 0 Å². The van der Waals surface area contributed by atoms with E-state index in [1.807, 2.05) is 0 Å². The van der Waals surface area contributed by atoms with E-state index in [2.05, 4.69) is 0 Å². The molecule has 0 saturated heterocycles. The largest absolute Gasteiger partial charge is 0.329 e. The van der Waals surface area contributed by atoms with Gasteiger partial charge in [0, 0.05) is 25.0 Å². The Morgan fingerprint density at radius 2 is 2.13 bits per heavy atom. The molecule has 0 atom stereocenters. The van der Waals surface area contributed by atoms with Crippen LogP contribution in [0.5, 0.6) is 0 Å². The van der Waals surface area contributed by atoms with Gasteiger partial charge in [-0.25, -0.2) is 0 Å². The smallest absolute Gasteiger partial charge is 0.223 e. The summed E-state index contributed by atoms with van der Waals surface area (Å²) in [6.45, 7) is 2.30. The minimum absolute atomic E-state index is 0.0929. The molecular weight excluding hydrogens is 235 g/mol. The zero-order valence-electron chi connectivity index (χ0n) is 8.34. The number of anilines is 1. The van der Waals surface area contributed by atoms with Crippen LogP contribution in [0.4, 0.5) is 5.69 Å². The van der Waals surface area contributed by atoms with Crippen LogP contribution in [0.15, 0.2) is 18.2 Å². The lowest BCUT2D eigenvalue weighted by Gasteiger charge is -2.21. The van der Waals surface area contributed by atoms with Gasteiger partial charge in [-0.05, 0) is 18.2 Å². The van der Waals surface area contributed by atoms with E-state index < -0.39 is 0 Å². The Bertz CT molecular complexity index is 368. The highest BCUT2D eigenvalue weighted by atomic mass is 35.5. The Hall–Kier alpha value is -0.770. The summed E-state index contributed by atoms with van der Waals surface area (Å²) in [4.78, 5) is 12.9. The molecule has 0 bridgehead atoms. The molecule has 15 heavy (non-hydrogen) atoms. The van der Waals surface area contributed by atoms with E-state index in [4.69, 9.17) is 28.9 Å². The molecule has 0 radical (unpaired) electrons. The Morgan fingerprint density at radius 1 is 1.47 bits per heavy atom. The topological polar surface area (TPSA) is 46.3 Å². The fourth-order valence-corrected chi connectivity index (χ4v) is 1.79. The van der Waals surface area contributed by atoms with Crippen LogP contribution in [0.3, 0.4) is 0 Å². The van der Waals surface area contributed by atoms with Crippen LogP contribution in [0, 0.1) is 0 Å². The van der Waals surface area contributed by atoms with Crippen LogP contribution in [0.25, 0.3) is 0 Å². The first-order chi connectivity index (χ1) is 7.06. The third-order valence-corrected chi connectivity index (χ3v) is 2.47. The van der Waals surface area contributed by atoms with Crippen molar-refractivity contribution in [2.24, 2.45) is 5.73 Å². The van der Waals surface area contributed by atoms with Crippen LogP contribution in [-0.2, 0) is 4.79 Å². The van der Waals surface area contributed by atoms with E-state index in [0.29, 0.717) is 28.8 Å².